The monoisotopic (exact) mass is 327 g/mol. The SMILES string of the molecule is CCc1ccc(CN2CCO[C@@H](CCNS(C)(=O)=O)C2)nc1. The number of aryl methyl sites for hydroxylation is 1. The highest BCUT2D eigenvalue weighted by molar-refractivity contribution is 7.88. The van der Waals surface area contributed by atoms with Crippen LogP contribution in [0.3, 0.4) is 0 Å². The molecule has 0 radical (unpaired) electrons. The van der Waals surface area contributed by atoms with Crippen LogP contribution >= 0.6 is 0 Å². The van der Waals surface area contributed by atoms with Crippen LogP contribution in [-0.4, -0.2) is 56.9 Å². The Hall–Kier alpha value is -1.02. The van der Waals surface area contributed by atoms with Crippen LogP contribution in [0.25, 0.3) is 0 Å². The van der Waals surface area contributed by atoms with Crippen molar-refractivity contribution in [2.24, 2.45) is 0 Å². The molecular weight excluding hydrogens is 302 g/mol. The van der Waals surface area contributed by atoms with Gasteiger partial charge in [0.15, 0.2) is 0 Å². The van der Waals surface area contributed by atoms with Gasteiger partial charge < -0.3 is 4.74 Å². The molecule has 0 amide bonds. The lowest BCUT2D eigenvalue weighted by Gasteiger charge is -2.32. The van der Waals surface area contributed by atoms with Crippen molar-refractivity contribution in [2.75, 3.05) is 32.5 Å². The second-order valence-electron chi connectivity index (χ2n) is 5.69. The van der Waals surface area contributed by atoms with E-state index >= 15 is 0 Å². The first kappa shape index (κ1) is 17.3. The predicted octanol–water partition coefficient (Wildman–Crippen LogP) is 0.784. The summed E-state index contributed by atoms with van der Waals surface area (Å²) >= 11 is 0. The molecule has 0 aliphatic carbocycles. The van der Waals surface area contributed by atoms with Crippen LogP contribution in [0.4, 0.5) is 0 Å². The molecule has 0 saturated carbocycles. The Labute approximate surface area is 132 Å². The van der Waals surface area contributed by atoms with Crippen LogP contribution in [0.2, 0.25) is 0 Å². The molecule has 22 heavy (non-hydrogen) atoms. The maximum Gasteiger partial charge on any atom is 0.208 e. The summed E-state index contributed by atoms with van der Waals surface area (Å²) in [6.07, 6.45) is 4.86. The maximum absolute atomic E-state index is 11.1. The van der Waals surface area contributed by atoms with E-state index in [4.69, 9.17) is 4.74 Å². The van der Waals surface area contributed by atoms with Crippen LogP contribution in [0, 0.1) is 0 Å². The van der Waals surface area contributed by atoms with Crippen molar-refractivity contribution in [3.63, 3.8) is 0 Å². The topological polar surface area (TPSA) is 71.5 Å². The van der Waals surface area contributed by atoms with Crippen molar-refractivity contribution in [2.45, 2.75) is 32.4 Å². The lowest BCUT2D eigenvalue weighted by atomic mass is 10.2. The van der Waals surface area contributed by atoms with Crippen LogP contribution in [0.1, 0.15) is 24.6 Å². The quantitative estimate of drug-likeness (QED) is 0.801. The number of ether oxygens (including phenoxy) is 1. The zero-order valence-corrected chi connectivity index (χ0v) is 14.1. The van der Waals surface area contributed by atoms with Crippen molar-refractivity contribution in [3.05, 3.63) is 29.6 Å². The van der Waals surface area contributed by atoms with E-state index in [-0.39, 0.29) is 6.10 Å². The molecule has 0 unspecified atom stereocenters. The molecule has 0 bridgehead atoms. The van der Waals surface area contributed by atoms with E-state index in [2.05, 4.69) is 33.7 Å². The molecule has 7 heteroatoms. The number of aromatic nitrogens is 1. The molecule has 1 aliphatic rings. The lowest BCUT2D eigenvalue weighted by Crippen LogP contribution is -2.43. The molecule has 2 heterocycles. The molecule has 0 spiro atoms. The van der Waals surface area contributed by atoms with Crippen LogP contribution in [0.15, 0.2) is 18.3 Å². The van der Waals surface area contributed by atoms with Gasteiger partial charge in [0, 0.05) is 32.4 Å². The first-order valence-corrected chi connectivity index (χ1v) is 9.58. The molecule has 1 aromatic heterocycles. The fraction of sp³-hybridized carbons (Fsp3) is 0.667. The first-order chi connectivity index (χ1) is 10.5. The molecular formula is C15H25N3O3S. The van der Waals surface area contributed by atoms with Gasteiger partial charge in [0.05, 0.1) is 24.7 Å². The van der Waals surface area contributed by atoms with Gasteiger partial charge in [0.2, 0.25) is 10.0 Å². The molecule has 1 N–H and O–H groups in total. The summed E-state index contributed by atoms with van der Waals surface area (Å²) in [5.41, 5.74) is 2.31. The molecule has 2 rings (SSSR count). The zero-order chi connectivity index (χ0) is 16.0. The fourth-order valence-electron chi connectivity index (χ4n) is 2.49. The van der Waals surface area contributed by atoms with Gasteiger partial charge in [-0.25, -0.2) is 13.1 Å². The number of rotatable bonds is 7. The number of nitrogens with one attached hydrogen (secondary N) is 1. The highest BCUT2D eigenvalue weighted by Gasteiger charge is 2.20. The normalized spacial score (nSPS) is 20.2. The van der Waals surface area contributed by atoms with Gasteiger partial charge in [0.25, 0.3) is 0 Å². The highest BCUT2D eigenvalue weighted by Crippen LogP contribution is 2.12. The second-order valence-corrected chi connectivity index (χ2v) is 7.53. The van der Waals surface area contributed by atoms with Crippen molar-refractivity contribution in [3.8, 4) is 0 Å². The Balaban J connectivity index is 1.79. The number of morpholine rings is 1. The third-order valence-corrected chi connectivity index (χ3v) is 4.46. The van der Waals surface area contributed by atoms with E-state index < -0.39 is 10.0 Å². The van der Waals surface area contributed by atoms with E-state index in [1.165, 1.54) is 11.8 Å². The van der Waals surface area contributed by atoms with Gasteiger partial charge in [0.1, 0.15) is 0 Å². The summed E-state index contributed by atoms with van der Waals surface area (Å²) in [6.45, 7) is 5.71. The number of hydrogen-bond acceptors (Lipinski definition) is 5. The Kier molecular flexibility index (Phi) is 6.31. The molecule has 124 valence electrons. The Morgan fingerprint density at radius 1 is 1.45 bits per heavy atom. The fourth-order valence-corrected chi connectivity index (χ4v) is 2.98. The van der Waals surface area contributed by atoms with Crippen molar-refractivity contribution >= 4 is 10.0 Å². The van der Waals surface area contributed by atoms with Crippen molar-refractivity contribution < 1.29 is 13.2 Å². The average molecular weight is 327 g/mol. The van der Waals surface area contributed by atoms with E-state index in [0.29, 0.717) is 19.6 Å². The van der Waals surface area contributed by atoms with Gasteiger partial charge in [-0.05, 0) is 24.5 Å². The number of hydrogen-bond donors (Lipinski definition) is 1. The number of sulfonamides is 1. The van der Waals surface area contributed by atoms with E-state index in [1.54, 1.807) is 0 Å². The Morgan fingerprint density at radius 3 is 2.91 bits per heavy atom. The summed E-state index contributed by atoms with van der Waals surface area (Å²) < 4.78 is 30.3. The minimum Gasteiger partial charge on any atom is -0.376 e. The molecule has 6 nitrogen and oxygen atoms in total. The lowest BCUT2D eigenvalue weighted by molar-refractivity contribution is -0.0342. The molecule has 0 aromatic carbocycles. The summed E-state index contributed by atoms with van der Waals surface area (Å²) in [6, 6.07) is 4.20. The number of pyridine rings is 1. The Morgan fingerprint density at radius 2 is 2.27 bits per heavy atom. The summed E-state index contributed by atoms with van der Waals surface area (Å²) in [5.74, 6) is 0. The van der Waals surface area contributed by atoms with Crippen LogP contribution in [-0.2, 0) is 27.7 Å². The van der Waals surface area contributed by atoms with Gasteiger partial charge in [-0.3, -0.25) is 9.88 Å². The molecule has 1 aliphatic heterocycles. The van der Waals surface area contributed by atoms with Crippen molar-refractivity contribution in [1.29, 1.82) is 0 Å². The van der Waals surface area contributed by atoms with E-state index in [9.17, 15) is 8.42 Å². The molecule has 1 atom stereocenters. The maximum atomic E-state index is 11.1. The van der Waals surface area contributed by atoms with Crippen LogP contribution < -0.4 is 4.72 Å². The molecule has 1 fully saturated rings. The second kappa shape index (κ2) is 8.01. The summed E-state index contributed by atoms with van der Waals surface area (Å²) in [7, 11) is -3.12. The summed E-state index contributed by atoms with van der Waals surface area (Å²) in [5, 5.41) is 0. The van der Waals surface area contributed by atoms with E-state index in [0.717, 1.165) is 31.7 Å². The number of nitrogens with zero attached hydrogens (tertiary/aromatic N) is 2. The van der Waals surface area contributed by atoms with Crippen molar-refractivity contribution in [1.82, 2.24) is 14.6 Å². The zero-order valence-electron chi connectivity index (χ0n) is 13.3. The largest absolute Gasteiger partial charge is 0.376 e. The Bertz CT molecular complexity index is 560. The van der Waals surface area contributed by atoms with Gasteiger partial charge >= 0.3 is 0 Å². The van der Waals surface area contributed by atoms with Gasteiger partial charge in [-0.2, -0.15) is 0 Å². The molecule has 1 aromatic rings. The average Bonchev–Trinajstić information content (AvgIpc) is 2.47. The highest BCUT2D eigenvalue weighted by atomic mass is 32.2. The van der Waals surface area contributed by atoms with Crippen LogP contribution in [0.5, 0.6) is 0 Å². The van der Waals surface area contributed by atoms with Gasteiger partial charge in [-0.15, -0.1) is 0 Å². The first-order valence-electron chi connectivity index (χ1n) is 7.68. The third kappa shape index (κ3) is 6.00. The summed E-state index contributed by atoms with van der Waals surface area (Å²) in [4.78, 5) is 6.80. The third-order valence-electron chi connectivity index (χ3n) is 3.73. The molecule has 1 saturated heterocycles. The predicted molar refractivity (Wildman–Crippen MR) is 86.1 cm³/mol. The smallest absolute Gasteiger partial charge is 0.208 e. The standard InChI is InChI=1S/C15H25N3O3S/c1-3-13-4-5-14(16-10-13)11-18-8-9-21-15(12-18)6-7-17-22(2,19)20/h4-5,10,15,17H,3,6-9,11-12H2,1-2H3/t15-/m0/s1. The van der Waals surface area contributed by atoms with E-state index in [1.807, 2.05) is 6.20 Å². The minimum absolute atomic E-state index is 0.0675. The van der Waals surface area contributed by atoms with Gasteiger partial charge in [-0.1, -0.05) is 13.0 Å². The minimum atomic E-state index is -3.12.